The number of nitrogens with zero attached hydrogens (tertiary/aromatic N) is 4. The molecular weight excluding hydrogens is 382 g/mol. The van der Waals surface area contributed by atoms with Crippen LogP contribution in [0.5, 0.6) is 0 Å². The van der Waals surface area contributed by atoms with Crippen molar-refractivity contribution >= 4 is 17.0 Å². The van der Waals surface area contributed by atoms with Gasteiger partial charge in [0, 0.05) is 19.7 Å². The fourth-order valence-electron chi connectivity index (χ4n) is 4.23. The number of nitrogens with one attached hydrogen (secondary N) is 1. The van der Waals surface area contributed by atoms with E-state index in [0.29, 0.717) is 23.6 Å². The molecule has 30 heavy (non-hydrogen) atoms. The Hall–Kier alpha value is -2.71. The summed E-state index contributed by atoms with van der Waals surface area (Å²) < 4.78 is 13.6. The summed E-state index contributed by atoms with van der Waals surface area (Å²) in [5.41, 5.74) is 1.30. The molecule has 0 aliphatic carbocycles. The largest absolute Gasteiger partial charge is 0.376 e. The highest BCUT2D eigenvalue weighted by Crippen LogP contribution is 2.21. The molecule has 158 valence electrons. The molecule has 5 rings (SSSR count). The number of aromatic amines is 1. The van der Waals surface area contributed by atoms with Crippen molar-refractivity contribution in [3.63, 3.8) is 0 Å². The fraction of sp³-hybridized carbons (Fsp3) is 0.500. The van der Waals surface area contributed by atoms with Crippen LogP contribution in [0, 0.1) is 0 Å². The number of para-hydroxylation sites is 1. The van der Waals surface area contributed by atoms with Crippen LogP contribution in [0.3, 0.4) is 0 Å². The number of H-pyrrole nitrogens is 1. The standard InChI is InChI=1S/C22H27N5O3/c28-21-19-14-23-27(16-6-2-1-3-7-16)20(19)24-22(25-21)26-11-9-17(10-12-26)30-15-18-8-4-5-13-29-18/h1-3,6-7,14,17-18H,4-5,8-13,15H2,(H,24,25,28). The second-order valence-electron chi connectivity index (χ2n) is 8.03. The molecule has 2 aliphatic rings. The molecule has 1 atom stereocenters. The fourth-order valence-corrected chi connectivity index (χ4v) is 4.23. The van der Waals surface area contributed by atoms with Gasteiger partial charge >= 0.3 is 0 Å². The zero-order valence-electron chi connectivity index (χ0n) is 17.0. The number of hydrogen-bond acceptors (Lipinski definition) is 6. The zero-order chi connectivity index (χ0) is 20.3. The van der Waals surface area contributed by atoms with Gasteiger partial charge in [-0.05, 0) is 44.2 Å². The van der Waals surface area contributed by atoms with Crippen molar-refractivity contribution < 1.29 is 9.47 Å². The Morgan fingerprint density at radius 1 is 1.13 bits per heavy atom. The molecule has 2 fully saturated rings. The van der Waals surface area contributed by atoms with Crippen molar-refractivity contribution in [3.8, 4) is 5.69 Å². The molecule has 1 aromatic carbocycles. The topological polar surface area (TPSA) is 85.3 Å². The molecule has 3 aromatic rings. The molecular formula is C22H27N5O3. The van der Waals surface area contributed by atoms with Gasteiger partial charge in [-0.3, -0.25) is 9.78 Å². The van der Waals surface area contributed by atoms with E-state index in [1.54, 1.807) is 10.9 Å². The number of ether oxygens (including phenoxy) is 2. The summed E-state index contributed by atoms with van der Waals surface area (Å²) in [5, 5.41) is 4.87. The summed E-state index contributed by atoms with van der Waals surface area (Å²) in [6.45, 7) is 3.13. The number of piperidine rings is 1. The lowest BCUT2D eigenvalue weighted by atomic mass is 10.1. The van der Waals surface area contributed by atoms with Crippen LogP contribution in [0.15, 0.2) is 41.3 Å². The molecule has 1 N–H and O–H groups in total. The van der Waals surface area contributed by atoms with Crippen LogP contribution in [-0.2, 0) is 9.47 Å². The lowest BCUT2D eigenvalue weighted by molar-refractivity contribution is -0.0672. The molecule has 8 heteroatoms. The molecule has 0 amide bonds. The van der Waals surface area contributed by atoms with Gasteiger partial charge in [-0.25, -0.2) is 4.68 Å². The van der Waals surface area contributed by atoms with Crippen molar-refractivity contribution in [1.29, 1.82) is 0 Å². The molecule has 0 bridgehead atoms. The SMILES string of the molecule is O=c1[nH]c(N2CCC(OCC3CCCCO3)CC2)nc2c1cnn2-c1ccccc1. The molecule has 1 unspecified atom stereocenters. The first-order valence-electron chi connectivity index (χ1n) is 10.8. The van der Waals surface area contributed by atoms with Crippen molar-refractivity contribution in [3.05, 3.63) is 46.9 Å². The van der Waals surface area contributed by atoms with E-state index in [1.807, 2.05) is 30.3 Å². The molecule has 0 spiro atoms. The van der Waals surface area contributed by atoms with E-state index in [4.69, 9.17) is 14.5 Å². The van der Waals surface area contributed by atoms with E-state index >= 15 is 0 Å². The Morgan fingerprint density at radius 3 is 2.73 bits per heavy atom. The van der Waals surface area contributed by atoms with Crippen molar-refractivity contribution in [1.82, 2.24) is 19.7 Å². The third-order valence-corrected chi connectivity index (χ3v) is 5.96. The van der Waals surface area contributed by atoms with E-state index in [9.17, 15) is 4.79 Å². The number of aromatic nitrogens is 4. The van der Waals surface area contributed by atoms with Gasteiger partial charge in [0.15, 0.2) is 5.65 Å². The molecule has 0 radical (unpaired) electrons. The predicted molar refractivity (Wildman–Crippen MR) is 114 cm³/mol. The Morgan fingerprint density at radius 2 is 1.97 bits per heavy atom. The van der Waals surface area contributed by atoms with Gasteiger partial charge in [-0.2, -0.15) is 10.1 Å². The van der Waals surface area contributed by atoms with E-state index in [1.165, 1.54) is 6.42 Å². The lowest BCUT2D eigenvalue weighted by Crippen LogP contribution is -2.40. The van der Waals surface area contributed by atoms with Crippen molar-refractivity contribution in [2.75, 3.05) is 31.2 Å². The second-order valence-corrected chi connectivity index (χ2v) is 8.03. The Labute approximate surface area is 174 Å². The van der Waals surface area contributed by atoms with E-state index in [-0.39, 0.29) is 17.8 Å². The highest BCUT2D eigenvalue weighted by molar-refractivity contribution is 5.76. The summed E-state index contributed by atoms with van der Waals surface area (Å²) >= 11 is 0. The maximum atomic E-state index is 12.6. The van der Waals surface area contributed by atoms with Gasteiger partial charge in [-0.1, -0.05) is 18.2 Å². The number of fused-ring (bicyclic) bond motifs is 1. The monoisotopic (exact) mass is 409 g/mol. The minimum absolute atomic E-state index is 0.162. The Kier molecular flexibility index (Phi) is 5.50. The number of benzene rings is 1. The normalized spacial score (nSPS) is 20.7. The molecule has 2 aromatic heterocycles. The van der Waals surface area contributed by atoms with Gasteiger partial charge in [0.1, 0.15) is 5.39 Å². The van der Waals surface area contributed by atoms with Gasteiger partial charge in [0.05, 0.1) is 30.7 Å². The average Bonchev–Trinajstić information content (AvgIpc) is 3.24. The molecule has 8 nitrogen and oxygen atoms in total. The first-order valence-corrected chi connectivity index (χ1v) is 10.8. The first-order chi connectivity index (χ1) is 14.8. The number of anilines is 1. The summed E-state index contributed by atoms with van der Waals surface area (Å²) in [7, 11) is 0. The third-order valence-electron chi connectivity index (χ3n) is 5.96. The summed E-state index contributed by atoms with van der Waals surface area (Å²) in [6, 6.07) is 9.75. The van der Waals surface area contributed by atoms with Crippen LogP contribution in [-0.4, -0.2) is 58.3 Å². The van der Waals surface area contributed by atoms with Crippen LogP contribution < -0.4 is 10.5 Å². The Bertz CT molecular complexity index is 1030. The summed E-state index contributed by atoms with van der Waals surface area (Å²) in [5.74, 6) is 0.597. The summed E-state index contributed by atoms with van der Waals surface area (Å²) in [4.78, 5) is 22.4. The zero-order valence-corrected chi connectivity index (χ0v) is 17.0. The molecule has 0 saturated carbocycles. The van der Waals surface area contributed by atoms with Crippen LogP contribution >= 0.6 is 0 Å². The van der Waals surface area contributed by atoms with E-state index in [0.717, 1.165) is 51.1 Å². The second kappa shape index (κ2) is 8.57. The lowest BCUT2D eigenvalue weighted by Gasteiger charge is -2.33. The average molecular weight is 409 g/mol. The van der Waals surface area contributed by atoms with Gasteiger partial charge in [0.2, 0.25) is 5.95 Å². The summed E-state index contributed by atoms with van der Waals surface area (Å²) in [6.07, 6.45) is 7.36. The predicted octanol–water partition coefficient (Wildman–Crippen LogP) is 2.66. The maximum absolute atomic E-state index is 12.6. The minimum Gasteiger partial charge on any atom is -0.376 e. The smallest absolute Gasteiger partial charge is 0.263 e. The third kappa shape index (κ3) is 3.97. The molecule has 4 heterocycles. The van der Waals surface area contributed by atoms with Crippen molar-refractivity contribution in [2.45, 2.75) is 44.3 Å². The number of rotatable bonds is 5. The van der Waals surface area contributed by atoms with Crippen LogP contribution in [0.1, 0.15) is 32.1 Å². The van der Waals surface area contributed by atoms with E-state index in [2.05, 4.69) is 15.0 Å². The van der Waals surface area contributed by atoms with Gasteiger partial charge in [0.25, 0.3) is 5.56 Å². The van der Waals surface area contributed by atoms with Crippen molar-refractivity contribution in [2.24, 2.45) is 0 Å². The number of hydrogen-bond donors (Lipinski definition) is 1. The molecule has 2 aliphatic heterocycles. The highest BCUT2D eigenvalue weighted by atomic mass is 16.5. The Balaban J connectivity index is 1.28. The minimum atomic E-state index is -0.162. The van der Waals surface area contributed by atoms with E-state index < -0.39 is 0 Å². The van der Waals surface area contributed by atoms with Crippen LogP contribution in [0.25, 0.3) is 16.7 Å². The first kappa shape index (κ1) is 19.3. The quantitative estimate of drug-likeness (QED) is 0.697. The highest BCUT2D eigenvalue weighted by Gasteiger charge is 2.24. The van der Waals surface area contributed by atoms with Crippen LogP contribution in [0.4, 0.5) is 5.95 Å². The molecule has 2 saturated heterocycles. The van der Waals surface area contributed by atoms with Gasteiger partial charge in [-0.15, -0.1) is 0 Å². The maximum Gasteiger partial charge on any atom is 0.263 e. The van der Waals surface area contributed by atoms with Crippen LogP contribution in [0.2, 0.25) is 0 Å². The van der Waals surface area contributed by atoms with Gasteiger partial charge < -0.3 is 14.4 Å².